The van der Waals surface area contributed by atoms with Crippen molar-refractivity contribution in [2.45, 2.75) is 32.5 Å². The lowest BCUT2D eigenvalue weighted by molar-refractivity contribution is -0.137. The molecule has 0 unspecified atom stereocenters. The third-order valence-electron chi connectivity index (χ3n) is 4.91. The second-order valence-electron chi connectivity index (χ2n) is 8.04. The number of nitrogens with zero attached hydrogens (tertiary/aromatic N) is 3. The minimum Gasteiger partial charge on any atom is -0.441 e. The highest BCUT2D eigenvalue weighted by Crippen LogP contribution is 2.32. The lowest BCUT2D eigenvalue weighted by Gasteiger charge is -2.19. The van der Waals surface area contributed by atoms with Crippen LogP contribution in [0.15, 0.2) is 65.2 Å². The largest absolute Gasteiger partial charge is 0.441 e. The molecule has 0 aliphatic rings. The van der Waals surface area contributed by atoms with Gasteiger partial charge in [0.05, 0.1) is 23.1 Å². The summed E-state index contributed by atoms with van der Waals surface area (Å²) in [6.07, 6.45) is -2.78. The second-order valence-corrected chi connectivity index (χ2v) is 8.04. The molecule has 0 bridgehead atoms. The zero-order valence-corrected chi connectivity index (χ0v) is 18.1. The minimum atomic E-state index is -4.42. The second kappa shape index (κ2) is 8.32. The van der Waals surface area contributed by atoms with E-state index in [-0.39, 0.29) is 5.95 Å². The first-order chi connectivity index (χ1) is 15.5. The fraction of sp³-hybridized carbons (Fsp3) is 0.208. The standard InChI is InChI=1S/C24H21F3N4O2/c1-14-28-13-20(33-14)16-6-10-18(11-7-16)29-22-30-19(12-21(31-22)23(2,3)32)15-4-8-17(9-5-15)24(25,26)27/h4-13,32H,1-3H3,(H,29,30,31). The Balaban J connectivity index is 1.65. The number of nitrogens with one attached hydrogen (secondary N) is 1. The van der Waals surface area contributed by atoms with Crippen LogP contribution in [0.3, 0.4) is 0 Å². The summed E-state index contributed by atoms with van der Waals surface area (Å²) in [7, 11) is 0. The van der Waals surface area contributed by atoms with Gasteiger partial charge in [0.25, 0.3) is 0 Å². The van der Waals surface area contributed by atoms with E-state index in [1.54, 1.807) is 33.0 Å². The molecule has 6 nitrogen and oxygen atoms in total. The van der Waals surface area contributed by atoms with Crippen LogP contribution in [0.5, 0.6) is 0 Å². The Labute approximate surface area is 188 Å². The number of anilines is 2. The summed E-state index contributed by atoms with van der Waals surface area (Å²) in [6.45, 7) is 4.91. The molecule has 4 aromatic rings. The van der Waals surface area contributed by atoms with Crippen molar-refractivity contribution in [3.8, 4) is 22.6 Å². The van der Waals surface area contributed by atoms with Crippen LogP contribution in [0.4, 0.5) is 24.8 Å². The summed E-state index contributed by atoms with van der Waals surface area (Å²) < 4.78 is 44.2. The highest BCUT2D eigenvalue weighted by atomic mass is 19.4. The molecule has 4 rings (SSSR count). The fourth-order valence-electron chi connectivity index (χ4n) is 3.14. The number of hydrogen-bond acceptors (Lipinski definition) is 6. The maximum Gasteiger partial charge on any atom is 0.416 e. The van der Waals surface area contributed by atoms with Crippen molar-refractivity contribution >= 4 is 11.6 Å². The van der Waals surface area contributed by atoms with Crippen LogP contribution in [-0.2, 0) is 11.8 Å². The van der Waals surface area contributed by atoms with Gasteiger partial charge in [-0.25, -0.2) is 15.0 Å². The van der Waals surface area contributed by atoms with E-state index < -0.39 is 17.3 Å². The van der Waals surface area contributed by atoms with Gasteiger partial charge in [0.1, 0.15) is 5.60 Å². The van der Waals surface area contributed by atoms with Crippen LogP contribution < -0.4 is 5.32 Å². The normalized spacial score (nSPS) is 12.1. The molecule has 0 spiro atoms. The molecule has 0 atom stereocenters. The fourth-order valence-corrected chi connectivity index (χ4v) is 3.14. The number of hydrogen-bond donors (Lipinski definition) is 2. The van der Waals surface area contributed by atoms with Gasteiger partial charge in [-0.05, 0) is 56.3 Å². The molecule has 2 aromatic heterocycles. The summed E-state index contributed by atoms with van der Waals surface area (Å²) in [5.41, 5.74) is 0.668. The smallest absolute Gasteiger partial charge is 0.416 e. The van der Waals surface area contributed by atoms with E-state index in [1.165, 1.54) is 12.1 Å². The van der Waals surface area contributed by atoms with Crippen LogP contribution in [0.2, 0.25) is 0 Å². The van der Waals surface area contributed by atoms with Gasteiger partial charge >= 0.3 is 6.18 Å². The maximum absolute atomic E-state index is 12.9. The van der Waals surface area contributed by atoms with Crippen LogP contribution in [0.25, 0.3) is 22.6 Å². The molecular weight excluding hydrogens is 433 g/mol. The zero-order valence-electron chi connectivity index (χ0n) is 18.1. The Bertz CT molecular complexity index is 1260. The molecular formula is C24H21F3N4O2. The van der Waals surface area contributed by atoms with Crippen molar-refractivity contribution < 1.29 is 22.7 Å². The predicted octanol–water partition coefficient (Wildman–Crippen LogP) is 6.10. The van der Waals surface area contributed by atoms with Crippen LogP contribution in [0, 0.1) is 6.92 Å². The highest BCUT2D eigenvalue weighted by Gasteiger charge is 2.30. The molecule has 2 aromatic carbocycles. The van der Waals surface area contributed by atoms with Gasteiger partial charge in [-0.3, -0.25) is 0 Å². The minimum absolute atomic E-state index is 0.202. The highest BCUT2D eigenvalue weighted by molar-refractivity contribution is 5.66. The van der Waals surface area contributed by atoms with E-state index in [0.717, 1.165) is 17.7 Å². The molecule has 0 amide bonds. The van der Waals surface area contributed by atoms with Gasteiger partial charge in [-0.2, -0.15) is 13.2 Å². The molecule has 0 saturated carbocycles. The molecule has 2 heterocycles. The van der Waals surface area contributed by atoms with Crippen molar-refractivity contribution in [1.82, 2.24) is 15.0 Å². The topological polar surface area (TPSA) is 84.1 Å². The van der Waals surface area contributed by atoms with Gasteiger partial charge in [-0.15, -0.1) is 0 Å². The van der Waals surface area contributed by atoms with Crippen molar-refractivity contribution in [3.63, 3.8) is 0 Å². The molecule has 0 aliphatic heterocycles. The Kier molecular flexibility index (Phi) is 5.67. The van der Waals surface area contributed by atoms with E-state index in [9.17, 15) is 18.3 Å². The Morgan fingerprint density at radius 3 is 2.09 bits per heavy atom. The summed E-state index contributed by atoms with van der Waals surface area (Å²) >= 11 is 0. The monoisotopic (exact) mass is 454 g/mol. The van der Waals surface area contributed by atoms with Gasteiger partial charge in [0.15, 0.2) is 11.7 Å². The van der Waals surface area contributed by atoms with Crippen molar-refractivity contribution in [2.75, 3.05) is 5.32 Å². The number of aryl methyl sites for hydroxylation is 1. The summed E-state index contributed by atoms with van der Waals surface area (Å²) in [4.78, 5) is 12.9. The number of alkyl halides is 3. The predicted molar refractivity (Wildman–Crippen MR) is 118 cm³/mol. The third kappa shape index (κ3) is 5.20. The first-order valence-corrected chi connectivity index (χ1v) is 10.1. The van der Waals surface area contributed by atoms with E-state index in [0.29, 0.717) is 34.3 Å². The lowest BCUT2D eigenvalue weighted by atomic mass is 10.0. The molecule has 0 fully saturated rings. The number of benzene rings is 2. The first-order valence-electron chi connectivity index (χ1n) is 10.1. The number of oxazole rings is 1. The molecule has 33 heavy (non-hydrogen) atoms. The third-order valence-corrected chi connectivity index (χ3v) is 4.91. The Hall–Kier alpha value is -3.72. The van der Waals surface area contributed by atoms with Gasteiger partial charge in [0, 0.05) is 23.7 Å². The van der Waals surface area contributed by atoms with Crippen LogP contribution in [0.1, 0.15) is 31.0 Å². The van der Waals surface area contributed by atoms with Gasteiger partial charge in [-0.1, -0.05) is 12.1 Å². The number of halogens is 3. The van der Waals surface area contributed by atoms with Crippen LogP contribution >= 0.6 is 0 Å². The number of aromatic nitrogens is 3. The summed E-state index contributed by atoms with van der Waals surface area (Å²) in [5.74, 6) is 1.41. The van der Waals surface area contributed by atoms with Gasteiger partial charge in [0.2, 0.25) is 5.95 Å². The lowest BCUT2D eigenvalue weighted by Crippen LogP contribution is -2.19. The first kappa shape index (κ1) is 22.5. The van der Waals surface area contributed by atoms with Crippen LogP contribution in [-0.4, -0.2) is 20.1 Å². The maximum atomic E-state index is 12.9. The molecule has 170 valence electrons. The van der Waals surface area contributed by atoms with E-state index in [4.69, 9.17) is 4.42 Å². The molecule has 2 N–H and O–H groups in total. The quantitative estimate of drug-likeness (QED) is 0.379. The molecule has 0 saturated heterocycles. The summed E-state index contributed by atoms with van der Waals surface area (Å²) in [5, 5.41) is 13.6. The SMILES string of the molecule is Cc1ncc(-c2ccc(Nc3nc(-c4ccc(C(F)(F)F)cc4)cc(C(C)(C)O)n3)cc2)o1. The van der Waals surface area contributed by atoms with Crippen molar-refractivity contribution in [2.24, 2.45) is 0 Å². The van der Waals surface area contributed by atoms with E-state index in [2.05, 4.69) is 20.3 Å². The molecule has 0 radical (unpaired) electrons. The van der Waals surface area contributed by atoms with E-state index >= 15 is 0 Å². The van der Waals surface area contributed by atoms with Gasteiger partial charge < -0.3 is 14.8 Å². The molecule has 0 aliphatic carbocycles. The Morgan fingerprint density at radius 1 is 0.909 bits per heavy atom. The van der Waals surface area contributed by atoms with E-state index in [1.807, 2.05) is 24.3 Å². The number of rotatable bonds is 5. The van der Waals surface area contributed by atoms with Crippen molar-refractivity contribution in [1.29, 1.82) is 0 Å². The average Bonchev–Trinajstić information content (AvgIpc) is 3.19. The Morgan fingerprint density at radius 2 is 1.55 bits per heavy atom. The average molecular weight is 454 g/mol. The number of aliphatic hydroxyl groups is 1. The molecule has 9 heteroatoms. The van der Waals surface area contributed by atoms with Crippen molar-refractivity contribution in [3.05, 3.63) is 77.9 Å². The summed E-state index contributed by atoms with van der Waals surface area (Å²) in [6, 6.07) is 13.6. The zero-order chi connectivity index (χ0) is 23.8.